The van der Waals surface area contributed by atoms with Crippen molar-refractivity contribution in [2.24, 2.45) is 5.92 Å². The summed E-state index contributed by atoms with van der Waals surface area (Å²) in [6.45, 7) is 1.43. The number of carbonyl (C=O) groups excluding carboxylic acids is 1. The normalized spacial score (nSPS) is 18.6. The van der Waals surface area contributed by atoms with E-state index in [1.807, 2.05) is 30.3 Å². The Labute approximate surface area is 200 Å². The fourth-order valence-electron chi connectivity index (χ4n) is 4.12. The van der Waals surface area contributed by atoms with Gasteiger partial charge in [0.05, 0.1) is 33.7 Å². The molecule has 0 atom stereocenters. The maximum atomic E-state index is 13.0. The first-order valence-electron chi connectivity index (χ1n) is 11.1. The van der Waals surface area contributed by atoms with Crippen LogP contribution in [0.15, 0.2) is 54.7 Å². The first-order valence-corrected chi connectivity index (χ1v) is 11.5. The molecule has 1 aliphatic rings. The number of nitrogens with one attached hydrogen (secondary N) is 2. The van der Waals surface area contributed by atoms with Gasteiger partial charge >= 0.3 is 6.18 Å². The van der Waals surface area contributed by atoms with Crippen molar-refractivity contribution in [1.29, 1.82) is 0 Å². The van der Waals surface area contributed by atoms with Crippen molar-refractivity contribution >= 4 is 17.5 Å². The van der Waals surface area contributed by atoms with E-state index in [0.29, 0.717) is 12.5 Å². The van der Waals surface area contributed by atoms with Gasteiger partial charge in [0.25, 0.3) is 5.91 Å². The van der Waals surface area contributed by atoms with Gasteiger partial charge in [-0.25, -0.2) is 0 Å². The van der Waals surface area contributed by atoms with E-state index < -0.39 is 17.6 Å². The van der Waals surface area contributed by atoms with Gasteiger partial charge in [-0.05, 0) is 68.5 Å². The van der Waals surface area contributed by atoms with E-state index >= 15 is 0 Å². The van der Waals surface area contributed by atoms with Crippen LogP contribution in [0.3, 0.4) is 0 Å². The molecule has 0 spiro atoms. The molecule has 6 nitrogen and oxygen atoms in total. The molecule has 0 aliphatic heterocycles. The predicted octanol–water partition coefficient (Wildman–Crippen LogP) is 5.02. The number of rotatable bonds is 7. The van der Waals surface area contributed by atoms with Crippen molar-refractivity contribution in [2.75, 3.05) is 6.54 Å². The van der Waals surface area contributed by atoms with Crippen molar-refractivity contribution in [1.82, 2.24) is 25.6 Å². The van der Waals surface area contributed by atoms with Crippen LogP contribution >= 0.6 is 11.6 Å². The first-order chi connectivity index (χ1) is 16.3. The lowest BCUT2D eigenvalue weighted by molar-refractivity contribution is -0.137. The molecule has 180 valence electrons. The van der Waals surface area contributed by atoms with E-state index in [4.69, 9.17) is 11.6 Å². The molecule has 0 unspecified atom stereocenters. The van der Waals surface area contributed by atoms with E-state index in [-0.39, 0.29) is 16.6 Å². The summed E-state index contributed by atoms with van der Waals surface area (Å²) in [5.74, 6) is -0.117. The number of hydrogen-bond donors (Lipinski definition) is 2. The lowest BCUT2D eigenvalue weighted by Gasteiger charge is -2.29. The summed E-state index contributed by atoms with van der Waals surface area (Å²) in [5, 5.41) is 15.0. The lowest BCUT2D eigenvalue weighted by atomic mass is 9.86. The zero-order valence-corrected chi connectivity index (χ0v) is 19.1. The second-order valence-electron chi connectivity index (χ2n) is 8.48. The van der Waals surface area contributed by atoms with Crippen LogP contribution in [-0.2, 0) is 12.7 Å². The molecule has 1 amide bonds. The Morgan fingerprint density at radius 1 is 1.09 bits per heavy atom. The average molecular weight is 492 g/mol. The number of hydrogen-bond acceptors (Lipinski definition) is 4. The van der Waals surface area contributed by atoms with E-state index in [1.54, 1.807) is 11.0 Å². The van der Waals surface area contributed by atoms with Gasteiger partial charge in [0, 0.05) is 12.6 Å². The molecule has 4 rings (SSSR count). The maximum Gasteiger partial charge on any atom is 0.416 e. The maximum absolute atomic E-state index is 13.0. The number of amides is 1. The van der Waals surface area contributed by atoms with Crippen LogP contribution < -0.4 is 10.6 Å². The molecule has 2 aromatic carbocycles. The Balaban J connectivity index is 1.21. The summed E-state index contributed by atoms with van der Waals surface area (Å²) < 4.78 is 38.9. The number of halogens is 4. The third-order valence-corrected chi connectivity index (χ3v) is 6.32. The van der Waals surface area contributed by atoms with Gasteiger partial charge in [0.2, 0.25) is 0 Å². The third-order valence-electron chi connectivity index (χ3n) is 5.99. The second-order valence-corrected chi connectivity index (χ2v) is 8.88. The summed E-state index contributed by atoms with van der Waals surface area (Å²) in [6.07, 6.45) is 0.555. The molecule has 2 N–H and O–H groups in total. The van der Waals surface area contributed by atoms with Crippen molar-refractivity contribution in [3.63, 3.8) is 0 Å². The van der Waals surface area contributed by atoms with E-state index in [2.05, 4.69) is 20.8 Å². The molecule has 0 saturated heterocycles. The monoisotopic (exact) mass is 491 g/mol. The molecule has 3 aromatic rings. The Kier molecular flexibility index (Phi) is 7.53. The number of para-hydroxylation sites is 1. The molecule has 1 aromatic heterocycles. The van der Waals surface area contributed by atoms with E-state index in [9.17, 15) is 18.0 Å². The Morgan fingerprint density at radius 2 is 1.82 bits per heavy atom. The zero-order chi connectivity index (χ0) is 24.1. The largest absolute Gasteiger partial charge is 0.416 e. The molecule has 0 bridgehead atoms. The number of benzene rings is 2. The number of carbonyl (C=O) groups is 1. The molecule has 1 aliphatic carbocycles. The average Bonchev–Trinajstić information content (AvgIpc) is 3.29. The zero-order valence-electron chi connectivity index (χ0n) is 18.4. The highest BCUT2D eigenvalue weighted by atomic mass is 35.5. The third kappa shape index (κ3) is 6.15. The Morgan fingerprint density at radius 3 is 2.53 bits per heavy atom. The van der Waals surface area contributed by atoms with Gasteiger partial charge in [-0.3, -0.25) is 4.79 Å². The van der Waals surface area contributed by atoms with Crippen molar-refractivity contribution in [3.05, 3.63) is 76.6 Å². The summed E-state index contributed by atoms with van der Waals surface area (Å²) >= 11 is 5.98. The van der Waals surface area contributed by atoms with E-state index in [0.717, 1.165) is 61.8 Å². The topological polar surface area (TPSA) is 71.8 Å². The fraction of sp³-hybridized carbons (Fsp3) is 0.375. The van der Waals surface area contributed by atoms with Crippen LogP contribution in [0.25, 0.3) is 5.69 Å². The lowest BCUT2D eigenvalue weighted by Crippen LogP contribution is -2.39. The van der Waals surface area contributed by atoms with Crippen LogP contribution in [0, 0.1) is 5.92 Å². The molecule has 1 fully saturated rings. The van der Waals surface area contributed by atoms with Crippen molar-refractivity contribution in [3.8, 4) is 5.69 Å². The van der Waals surface area contributed by atoms with Gasteiger partial charge in [-0.15, -0.1) is 0 Å². The second kappa shape index (κ2) is 10.6. The Bertz CT molecular complexity index is 1110. The van der Waals surface area contributed by atoms with Gasteiger partial charge in [0.1, 0.15) is 0 Å². The minimum Gasteiger partial charge on any atom is -0.349 e. The highest BCUT2D eigenvalue weighted by Gasteiger charge is 2.32. The molecule has 34 heavy (non-hydrogen) atoms. The molecular formula is C24H25ClF3N5O. The highest BCUT2D eigenvalue weighted by Crippen LogP contribution is 2.32. The molecule has 10 heteroatoms. The van der Waals surface area contributed by atoms with Crippen LogP contribution in [0.1, 0.15) is 47.3 Å². The van der Waals surface area contributed by atoms with E-state index in [1.165, 1.54) is 0 Å². The smallest absolute Gasteiger partial charge is 0.349 e. The number of nitrogens with zero attached hydrogens (tertiary/aromatic N) is 3. The van der Waals surface area contributed by atoms with Gasteiger partial charge < -0.3 is 10.6 Å². The molecule has 1 saturated carbocycles. The minimum absolute atomic E-state index is 0.00702. The van der Waals surface area contributed by atoms with Gasteiger partial charge in [-0.1, -0.05) is 29.8 Å². The molecule has 1 heterocycles. The fourth-order valence-corrected chi connectivity index (χ4v) is 4.32. The first kappa shape index (κ1) is 24.2. The molecular weight excluding hydrogens is 467 g/mol. The summed E-state index contributed by atoms with van der Waals surface area (Å²) in [6, 6.07) is 12.4. The SMILES string of the molecule is O=C(NC1CCC(CNCc2cnn(-c3ccccc3)n2)CC1)c1cc(C(F)(F)F)ccc1Cl. The summed E-state index contributed by atoms with van der Waals surface area (Å²) in [5.41, 5.74) is 0.716. The van der Waals surface area contributed by atoms with Crippen molar-refractivity contribution in [2.45, 2.75) is 44.4 Å². The number of aromatic nitrogens is 3. The molecule has 0 radical (unpaired) electrons. The standard InChI is InChI=1S/C24H25ClF3N5O/c25-22-11-8-17(24(26,27)28)12-21(22)23(34)31-18-9-6-16(7-10-18)13-29-14-19-15-30-33(32-19)20-4-2-1-3-5-20/h1-5,8,11-12,15-16,18,29H,6-7,9-10,13-14H2,(H,31,34). The van der Waals surface area contributed by atoms with Gasteiger partial charge in [-0.2, -0.15) is 28.2 Å². The van der Waals surface area contributed by atoms with Crippen LogP contribution in [0.4, 0.5) is 13.2 Å². The summed E-state index contributed by atoms with van der Waals surface area (Å²) in [7, 11) is 0. The van der Waals surface area contributed by atoms with Crippen LogP contribution in [-0.4, -0.2) is 33.5 Å². The highest BCUT2D eigenvalue weighted by molar-refractivity contribution is 6.33. The Hall–Kier alpha value is -2.91. The van der Waals surface area contributed by atoms with Crippen LogP contribution in [0.2, 0.25) is 5.02 Å². The summed E-state index contributed by atoms with van der Waals surface area (Å²) in [4.78, 5) is 14.1. The quantitative estimate of drug-likeness (QED) is 0.487. The predicted molar refractivity (Wildman–Crippen MR) is 123 cm³/mol. The van der Waals surface area contributed by atoms with Crippen molar-refractivity contribution < 1.29 is 18.0 Å². The van der Waals surface area contributed by atoms with Gasteiger partial charge in [0.15, 0.2) is 0 Å². The van der Waals surface area contributed by atoms with Crippen LogP contribution in [0.5, 0.6) is 0 Å². The number of alkyl halides is 3. The minimum atomic E-state index is -4.53.